The number of anilines is 1. The van der Waals surface area contributed by atoms with Crippen molar-refractivity contribution in [1.29, 1.82) is 0 Å². The number of hydrogen-bond donors (Lipinski definition) is 3. The van der Waals surface area contributed by atoms with Gasteiger partial charge in [-0.25, -0.2) is 4.79 Å². The summed E-state index contributed by atoms with van der Waals surface area (Å²) < 4.78 is 0. The summed E-state index contributed by atoms with van der Waals surface area (Å²) >= 11 is 0. The van der Waals surface area contributed by atoms with Crippen molar-refractivity contribution in [2.45, 2.75) is 0 Å². The van der Waals surface area contributed by atoms with Gasteiger partial charge in [0.25, 0.3) is 0 Å². The van der Waals surface area contributed by atoms with Crippen LogP contribution in [0, 0.1) is 0 Å². The van der Waals surface area contributed by atoms with Gasteiger partial charge in [0.15, 0.2) is 0 Å². The molecule has 76 valence electrons. The summed E-state index contributed by atoms with van der Waals surface area (Å²) in [7, 11) is 1.84. The Hall–Kier alpha value is -1.62. The molecule has 0 unspecified atom stereocenters. The average Bonchev–Trinajstić information content (AvgIpc) is 2.20. The Morgan fingerprint density at radius 3 is 2.71 bits per heavy atom. The molecule has 0 aliphatic heterocycles. The van der Waals surface area contributed by atoms with Gasteiger partial charge in [0.2, 0.25) is 0 Å². The molecule has 14 heavy (non-hydrogen) atoms. The molecular weight excluding hydrogens is 180 g/mol. The Labute approximate surface area is 82.9 Å². The molecule has 1 rings (SSSR count). The number of urea groups is 1. The largest absolute Gasteiger partial charge is 0.337 e. The molecular formula is C9H14N4O. The molecule has 0 spiro atoms. The van der Waals surface area contributed by atoms with Gasteiger partial charge in [0, 0.05) is 31.2 Å². The van der Waals surface area contributed by atoms with E-state index in [1.165, 1.54) is 0 Å². The standard InChI is InChI=1S/C9H14N4O/c1-10-6-7-12-9(14)13-8-2-4-11-5-3-8/h2-5,10H,6-7H2,1H3,(H2,11,12,13,14). The summed E-state index contributed by atoms with van der Waals surface area (Å²) in [5, 5.41) is 8.32. The zero-order valence-electron chi connectivity index (χ0n) is 8.08. The van der Waals surface area contributed by atoms with E-state index in [1.807, 2.05) is 7.05 Å². The van der Waals surface area contributed by atoms with Gasteiger partial charge in [-0.3, -0.25) is 4.98 Å². The van der Waals surface area contributed by atoms with Gasteiger partial charge in [-0.05, 0) is 19.2 Å². The third-order valence-corrected chi connectivity index (χ3v) is 1.60. The van der Waals surface area contributed by atoms with Crippen molar-refractivity contribution in [3.8, 4) is 0 Å². The molecule has 0 fully saturated rings. The molecule has 5 heteroatoms. The second kappa shape index (κ2) is 5.93. The summed E-state index contributed by atoms with van der Waals surface area (Å²) in [6.45, 7) is 1.36. The van der Waals surface area contributed by atoms with E-state index in [9.17, 15) is 4.79 Å². The lowest BCUT2D eigenvalue weighted by Crippen LogP contribution is -2.33. The normalized spacial score (nSPS) is 9.50. The number of hydrogen-bond acceptors (Lipinski definition) is 3. The lowest BCUT2D eigenvalue weighted by atomic mass is 10.4. The maximum atomic E-state index is 11.2. The Kier molecular flexibility index (Phi) is 4.43. The van der Waals surface area contributed by atoms with Crippen molar-refractivity contribution >= 4 is 11.7 Å². The van der Waals surface area contributed by atoms with Gasteiger partial charge in [0.1, 0.15) is 0 Å². The molecule has 5 nitrogen and oxygen atoms in total. The first kappa shape index (κ1) is 10.5. The molecule has 0 radical (unpaired) electrons. The Morgan fingerprint density at radius 2 is 2.07 bits per heavy atom. The van der Waals surface area contributed by atoms with E-state index in [-0.39, 0.29) is 6.03 Å². The van der Waals surface area contributed by atoms with Crippen LogP contribution in [0.5, 0.6) is 0 Å². The number of likely N-dealkylation sites (N-methyl/N-ethyl adjacent to an activating group) is 1. The van der Waals surface area contributed by atoms with Crippen LogP contribution in [0.4, 0.5) is 10.5 Å². The van der Waals surface area contributed by atoms with E-state index in [0.717, 1.165) is 12.2 Å². The SMILES string of the molecule is CNCCNC(=O)Nc1ccncc1. The third kappa shape index (κ3) is 3.86. The maximum Gasteiger partial charge on any atom is 0.319 e. The van der Waals surface area contributed by atoms with E-state index >= 15 is 0 Å². The summed E-state index contributed by atoms with van der Waals surface area (Å²) in [6.07, 6.45) is 3.26. The lowest BCUT2D eigenvalue weighted by molar-refractivity contribution is 0.252. The number of rotatable bonds is 4. The number of carbonyl (C=O) groups is 1. The highest BCUT2D eigenvalue weighted by Gasteiger charge is 1.98. The van der Waals surface area contributed by atoms with Gasteiger partial charge in [-0.15, -0.1) is 0 Å². The molecule has 0 aliphatic carbocycles. The van der Waals surface area contributed by atoms with Gasteiger partial charge < -0.3 is 16.0 Å². The molecule has 1 aromatic rings. The van der Waals surface area contributed by atoms with Crippen molar-refractivity contribution in [2.24, 2.45) is 0 Å². The first-order valence-corrected chi connectivity index (χ1v) is 4.42. The van der Waals surface area contributed by atoms with E-state index in [4.69, 9.17) is 0 Å². The van der Waals surface area contributed by atoms with Gasteiger partial charge in [-0.2, -0.15) is 0 Å². The highest BCUT2D eigenvalue weighted by molar-refractivity contribution is 5.88. The number of amides is 2. The zero-order chi connectivity index (χ0) is 10.2. The fourth-order valence-corrected chi connectivity index (χ4v) is 0.912. The first-order valence-electron chi connectivity index (χ1n) is 4.42. The van der Waals surface area contributed by atoms with Crippen molar-refractivity contribution in [3.63, 3.8) is 0 Å². The van der Waals surface area contributed by atoms with Crippen LogP contribution < -0.4 is 16.0 Å². The molecule has 0 atom stereocenters. The highest BCUT2D eigenvalue weighted by atomic mass is 16.2. The quantitative estimate of drug-likeness (QED) is 0.609. The van der Waals surface area contributed by atoms with E-state index in [2.05, 4.69) is 20.9 Å². The fraction of sp³-hybridized carbons (Fsp3) is 0.333. The number of nitrogens with one attached hydrogen (secondary N) is 3. The molecule has 0 bridgehead atoms. The molecule has 0 saturated carbocycles. The van der Waals surface area contributed by atoms with Crippen LogP contribution in [0.25, 0.3) is 0 Å². The topological polar surface area (TPSA) is 66.0 Å². The number of carbonyl (C=O) groups excluding carboxylic acids is 1. The summed E-state index contributed by atoms with van der Waals surface area (Å²) in [6, 6.07) is 3.27. The van der Waals surface area contributed by atoms with Crippen molar-refractivity contribution in [3.05, 3.63) is 24.5 Å². The minimum absolute atomic E-state index is 0.202. The monoisotopic (exact) mass is 194 g/mol. The van der Waals surface area contributed by atoms with Gasteiger partial charge in [0.05, 0.1) is 0 Å². The lowest BCUT2D eigenvalue weighted by Gasteiger charge is -2.06. The van der Waals surface area contributed by atoms with E-state index in [0.29, 0.717) is 6.54 Å². The Morgan fingerprint density at radius 1 is 1.36 bits per heavy atom. The average molecular weight is 194 g/mol. The summed E-state index contributed by atoms with van der Waals surface area (Å²) in [5.74, 6) is 0. The first-order chi connectivity index (χ1) is 6.83. The second-order valence-corrected chi connectivity index (χ2v) is 2.72. The molecule has 1 aromatic heterocycles. The van der Waals surface area contributed by atoms with Crippen LogP contribution in [0.3, 0.4) is 0 Å². The predicted octanol–water partition coefficient (Wildman–Crippen LogP) is 0.422. The predicted molar refractivity (Wildman–Crippen MR) is 55.2 cm³/mol. The number of nitrogens with zero attached hydrogens (tertiary/aromatic N) is 1. The van der Waals surface area contributed by atoms with Crippen LogP contribution >= 0.6 is 0 Å². The van der Waals surface area contributed by atoms with Crippen LogP contribution in [-0.4, -0.2) is 31.2 Å². The molecule has 2 amide bonds. The smallest absolute Gasteiger partial charge is 0.319 e. The van der Waals surface area contributed by atoms with Gasteiger partial charge in [-0.1, -0.05) is 0 Å². The van der Waals surface area contributed by atoms with Crippen LogP contribution in [0.2, 0.25) is 0 Å². The number of pyridine rings is 1. The van der Waals surface area contributed by atoms with Crippen LogP contribution in [0.1, 0.15) is 0 Å². The second-order valence-electron chi connectivity index (χ2n) is 2.72. The van der Waals surface area contributed by atoms with Crippen molar-refractivity contribution in [1.82, 2.24) is 15.6 Å². The molecule has 0 aliphatic rings. The third-order valence-electron chi connectivity index (χ3n) is 1.60. The Balaban J connectivity index is 2.27. The summed E-state index contributed by atoms with van der Waals surface area (Å²) in [5.41, 5.74) is 0.738. The maximum absolute atomic E-state index is 11.2. The Bertz CT molecular complexity index is 275. The van der Waals surface area contributed by atoms with Crippen molar-refractivity contribution < 1.29 is 4.79 Å². The van der Waals surface area contributed by atoms with Gasteiger partial charge >= 0.3 is 6.03 Å². The van der Waals surface area contributed by atoms with Crippen LogP contribution in [0.15, 0.2) is 24.5 Å². The molecule has 1 heterocycles. The summed E-state index contributed by atoms with van der Waals surface area (Å²) in [4.78, 5) is 15.1. The van der Waals surface area contributed by atoms with E-state index < -0.39 is 0 Å². The highest BCUT2D eigenvalue weighted by Crippen LogP contribution is 2.01. The molecule has 0 saturated heterocycles. The van der Waals surface area contributed by atoms with E-state index in [1.54, 1.807) is 24.5 Å². The van der Waals surface area contributed by atoms with Crippen LogP contribution in [-0.2, 0) is 0 Å². The van der Waals surface area contributed by atoms with Crippen molar-refractivity contribution in [2.75, 3.05) is 25.5 Å². The fourth-order valence-electron chi connectivity index (χ4n) is 0.912. The minimum atomic E-state index is -0.202. The molecule has 3 N–H and O–H groups in total. The number of aromatic nitrogens is 1. The minimum Gasteiger partial charge on any atom is -0.337 e. The molecule has 0 aromatic carbocycles. The zero-order valence-corrected chi connectivity index (χ0v) is 8.08.